The lowest BCUT2D eigenvalue weighted by atomic mass is 10.0. The summed E-state index contributed by atoms with van der Waals surface area (Å²) in [6.07, 6.45) is 1.26. The van der Waals surface area contributed by atoms with Crippen LogP contribution in [0.3, 0.4) is 0 Å². The highest BCUT2D eigenvalue weighted by Crippen LogP contribution is 2.33. The van der Waals surface area contributed by atoms with Crippen molar-refractivity contribution >= 4 is 5.82 Å². The lowest BCUT2D eigenvalue weighted by Crippen LogP contribution is -2.05. The minimum Gasteiger partial charge on any atom is -0.490 e. The van der Waals surface area contributed by atoms with Crippen molar-refractivity contribution in [2.24, 2.45) is 0 Å². The molecule has 0 saturated heterocycles. The summed E-state index contributed by atoms with van der Waals surface area (Å²) in [5.41, 5.74) is 10.2. The summed E-state index contributed by atoms with van der Waals surface area (Å²) >= 11 is 0. The third-order valence-electron chi connectivity index (χ3n) is 3.31. The van der Waals surface area contributed by atoms with Gasteiger partial charge in [0.25, 0.3) is 0 Å². The van der Waals surface area contributed by atoms with E-state index in [9.17, 15) is 0 Å². The second-order valence-corrected chi connectivity index (χ2v) is 4.82. The molecule has 1 aliphatic heterocycles. The number of nitrogens with zero attached hydrogens (tertiary/aromatic N) is 1. The van der Waals surface area contributed by atoms with Crippen molar-refractivity contribution in [2.45, 2.75) is 26.4 Å². The Morgan fingerprint density at radius 3 is 2.89 bits per heavy atom. The molecule has 1 aromatic heterocycles. The van der Waals surface area contributed by atoms with E-state index in [1.165, 1.54) is 11.1 Å². The van der Waals surface area contributed by atoms with Gasteiger partial charge in [-0.05, 0) is 49.2 Å². The first-order chi connectivity index (χ1) is 8.63. The topological polar surface area (TPSA) is 48.1 Å². The monoisotopic (exact) mass is 240 g/mol. The van der Waals surface area contributed by atoms with Crippen molar-refractivity contribution in [2.75, 3.05) is 5.73 Å². The predicted molar refractivity (Wildman–Crippen MR) is 72.6 cm³/mol. The zero-order valence-corrected chi connectivity index (χ0v) is 10.6. The summed E-state index contributed by atoms with van der Waals surface area (Å²) < 4.78 is 5.71. The standard InChI is InChI=1S/C15H16N2O/c1-9-7-12-8-11(3-5-14(12)18-9)13-4-6-15(16)17-10(13)2/h3-6,8-9H,7H2,1-2H3,(H2,16,17). The maximum Gasteiger partial charge on any atom is 0.123 e. The molecule has 1 unspecified atom stereocenters. The minimum atomic E-state index is 0.279. The summed E-state index contributed by atoms with van der Waals surface area (Å²) in [5.74, 6) is 1.57. The number of hydrogen-bond donors (Lipinski definition) is 1. The van der Waals surface area contributed by atoms with Gasteiger partial charge in [-0.15, -0.1) is 0 Å². The van der Waals surface area contributed by atoms with Crippen LogP contribution in [0.1, 0.15) is 18.2 Å². The molecule has 3 rings (SSSR count). The molecule has 1 aliphatic rings. The molecule has 92 valence electrons. The van der Waals surface area contributed by atoms with E-state index < -0.39 is 0 Å². The molecule has 2 heterocycles. The van der Waals surface area contributed by atoms with Gasteiger partial charge in [0.15, 0.2) is 0 Å². The van der Waals surface area contributed by atoms with Crippen LogP contribution in [0, 0.1) is 6.92 Å². The van der Waals surface area contributed by atoms with Gasteiger partial charge in [-0.25, -0.2) is 4.98 Å². The molecule has 0 saturated carbocycles. The summed E-state index contributed by atoms with van der Waals surface area (Å²) in [6.45, 7) is 4.08. The van der Waals surface area contributed by atoms with Crippen LogP contribution < -0.4 is 10.5 Å². The van der Waals surface area contributed by atoms with Crippen LogP contribution in [0.25, 0.3) is 11.1 Å². The second kappa shape index (κ2) is 4.02. The largest absolute Gasteiger partial charge is 0.490 e. The van der Waals surface area contributed by atoms with Crippen molar-refractivity contribution < 1.29 is 4.74 Å². The summed E-state index contributed by atoms with van der Waals surface area (Å²) in [4.78, 5) is 4.30. The Morgan fingerprint density at radius 2 is 2.11 bits per heavy atom. The molecule has 0 spiro atoms. The Morgan fingerprint density at radius 1 is 1.28 bits per heavy atom. The number of benzene rings is 1. The molecule has 2 aromatic rings. The van der Waals surface area contributed by atoms with Crippen LogP contribution in [0.2, 0.25) is 0 Å². The number of anilines is 1. The average Bonchev–Trinajstić information content (AvgIpc) is 2.68. The summed E-state index contributed by atoms with van der Waals surface area (Å²) in [7, 11) is 0. The van der Waals surface area contributed by atoms with Gasteiger partial charge in [-0.1, -0.05) is 6.07 Å². The third-order valence-corrected chi connectivity index (χ3v) is 3.31. The maximum absolute atomic E-state index is 5.71. The number of aryl methyl sites for hydroxylation is 1. The van der Waals surface area contributed by atoms with Crippen LogP contribution in [0.5, 0.6) is 5.75 Å². The van der Waals surface area contributed by atoms with Gasteiger partial charge in [0.2, 0.25) is 0 Å². The average molecular weight is 240 g/mol. The molecule has 3 heteroatoms. The highest BCUT2D eigenvalue weighted by molar-refractivity contribution is 5.69. The zero-order chi connectivity index (χ0) is 12.7. The number of ether oxygens (including phenoxy) is 1. The van der Waals surface area contributed by atoms with E-state index in [1.54, 1.807) is 0 Å². The van der Waals surface area contributed by atoms with Gasteiger partial charge in [0.05, 0.1) is 0 Å². The van der Waals surface area contributed by atoms with Gasteiger partial charge in [0.1, 0.15) is 17.7 Å². The smallest absolute Gasteiger partial charge is 0.123 e. The summed E-state index contributed by atoms with van der Waals surface area (Å²) in [5, 5.41) is 0. The van der Waals surface area contributed by atoms with Gasteiger partial charge in [-0.3, -0.25) is 0 Å². The first-order valence-electron chi connectivity index (χ1n) is 6.16. The molecule has 0 radical (unpaired) electrons. The molecular formula is C15H16N2O. The van der Waals surface area contributed by atoms with Gasteiger partial charge in [0, 0.05) is 17.7 Å². The fourth-order valence-corrected chi connectivity index (χ4v) is 2.48. The fraction of sp³-hybridized carbons (Fsp3) is 0.267. The molecule has 2 N–H and O–H groups in total. The molecule has 1 aromatic carbocycles. The van der Waals surface area contributed by atoms with Gasteiger partial charge >= 0.3 is 0 Å². The number of pyridine rings is 1. The fourth-order valence-electron chi connectivity index (χ4n) is 2.48. The third kappa shape index (κ3) is 1.82. The van der Waals surface area contributed by atoms with E-state index in [1.807, 2.05) is 25.1 Å². The molecule has 18 heavy (non-hydrogen) atoms. The molecule has 1 atom stereocenters. The van der Waals surface area contributed by atoms with Crippen LogP contribution in [-0.4, -0.2) is 11.1 Å². The lowest BCUT2D eigenvalue weighted by molar-refractivity contribution is 0.254. The zero-order valence-electron chi connectivity index (χ0n) is 10.6. The number of nitrogen functional groups attached to an aromatic ring is 1. The normalized spacial score (nSPS) is 17.3. The van der Waals surface area contributed by atoms with E-state index in [0.717, 1.165) is 23.4 Å². The Hall–Kier alpha value is -2.03. The number of fused-ring (bicyclic) bond motifs is 1. The summed E-state index contributed by atoms with van der Waals surface area (Å²) in [6, 6.07) is 10.2. The van der Waals surface area contributed by atoms with Crippen molar-refractivity contribution in [1.82, 2.24) is 4.98 Å². The Balaban J connectivity index is 2.05. The van der Waals surface area contributed by atoms with Gasteiger partial charge in [-0.2, -0.15) is 0 Å². The molecule has 0 aliphatic carbocycles. The SMILES string of the molecule is Cc1nc(N)ccc1-c1ccc2c(c1)CC(C)O2. The first kappa shape index (κ1) is 11.1. The maximum atomic E-state index is 5.71. The Labute approximate surface area is 107 Å². The van der Waals surface area contributed by atoms with E-state index >= 15 is 0 Å². The van der Waals surface area contributed by atoms with Crippen molar-refractivity contribution in [3.63, 3.8) is 0 Å². The number of nitrogens with two attached hydrogens (primary N) is 1. The van der Waals surface area contributed by atoms with Crippen LogP contribution in [0.4, 0.5) is 5.82 Å². The quantitative estimate of drug-likeness (QED) is 0.833. The van der Waals surface area contributed by atoms with Crippen LogP contribution in [-0.2, 0) is 6.42 Å². The van der Waals surface area contributed by atoms with Gasteiger partial charge < -0.3 is 10.5 Å². The Bertz CT molecular complexity index is 607. The van der Waals surface area contributed by atoms with Crippen molar-refractivity contribution in [1.29, 1.82) is 0 Å². The number of hydrogen-bond acceptors (Lipinski definition) is 3. The molecule has 0 amide bonds. The first-order valence-corrected chi connectivity index (χ1v) is 6.16. The number of rotatable bonds is 1. The highest BCUT2D eigenvalue weighted by Gasteiger charge is 2.19. The molecule has 3 nitrogen and oxygen atoms in total. The van der Waals surface area contributed by atoms with E-state index in [2.05, 4.69) is 24.0 Å². The molecule has 0 fully saturated rings. The van der Waals surface area contributed by atoms with Crippen LogP contribution in [0.15, 0.2) is 30.3 Å². The molecular weight excluding hydrogens is 224 g/mol. The Kier molecular flexibility index (Phi) is 2.47. The second-order valence-electron chi connectivity index (χ2n) is 4.82. The predicted octanol–water partition coefficient (Wildman–Crippen LogP) is 2.96. The van der Waals surface area contributed by atoms with E-state index in [-0.39, 0.29) is 6.10 Å². The highest BCUT2D eigenvalue weighted by atomic mass is 16.5. The molecule has 0 bridgehead atoms. The van der Waals surface area contributed by atoms with E-state index in [4.69, 9.17) is 10.5 Å². The van der Waals surface area contributed by atoms with E-state index in [0.29, 0.717) is 5.82 Å². The minimum absolute atomic E-state index is 0.279. The lowest BCUT2D eigenvalue weighted by Gasteiger charge is -2.07. The van der Waals surface area contributed by atoms with Crippen molar-refractivity contribution in [3.05, 3.63) is 41.6 Å². The van der Waals surface area contributed by atoms with Crippen LogP contribution >= 0.6 is 0 Å². The van der Waals surface area contributed by atoms with Crippen molar-refractivity contribution in [3.8, 4) is 16.9 Å². The number of aromatic nitrogens is 1.